The standard InChI is InChI=1S/C20H30F3N5O/c1-14-13-28(8-9-29-14)18-10-15(6-7-25-18)12-26-19(24-2)27-17-5-3-4-16(11-17)20(21,22)23/h6-7,10,14,16-17H,3-5,8-9,11-13H2,1-2H3,(H2,24,26,27). The quantitative estimate of drug-likeness (QED) is 0.587. The van der Waals surface area contributed by atoms with Crippen molar-refractivity contribution in [1.82, 2.24) is 15.6 Å². The smallest absolute Gasteiger partial charge is 0.375 e. The van der Waals surface area contributed by atoms with E-state index in [9.17, 15) is 13.2 Å². The number of nitrogens with one attached hydrogen (secondary N) is 2. The average Bonchev–Trinajstić information content (AvgIpc) is 2.71. The minimum absolute atomic E-state index is 0.0961. The predicted molar refractivity (Wildman–Crippen MR) is 107 cm³/mol. The molecule has 0 radical (unpaired) electrons. The van der Waals surface area contributed by atoms with Crippen LogP contribution in [0.3, 0.4) is 0 Å². The molecule has 162 valence electrons. The van der Waals surface area contributed by atoms with Crippen LogP contribution >= 0.6 is 0 Å². The fourth-order valence-electron chi connectivity index (χ4n) is 3.96. The summed E-state index contributed by atoms with van der Waals surface area (Å²) in [5.41, 5.74) is 1.04. The zero-order valence-corrected chi connectivity index (χ0v) is 17.0. The fraction of sp³-hybridized carbons (Fsp3) is 0.700. The lowest BCUT2D eigenvalue weighted by atomic mass is 9.85. The van der Waals surface area contributed by atoms with Gasteiger partial charge in [-0.15, -0.1) is 0 Å². The second kappa shape index (κ2) is 9.65. The van der Waals surface area contributed by atoms with Gasteiger partial charge in [0, 0.05) is 38.9 Å². The van der Waals surface area contributed by atoms with Crippen LogP contribution in [0.25, 0.3) is 0 Å². The molecule has 1 aromatic rings. The Kier molecular flexibility index (Phi) is 7.21. The molecule has 1 saturated carbocycles. The minimum Gasteiger partial charge on any atom is -0.375 e. The number of rotatable bonds is 4. The van der Waals surface area contributed by atoms with Crippen LogP contribution in [0.5, 0.6) is 0 Å². The van der Waals surface area contributed by atoms with E-state index < -0.39 is 12.1 Å². The van der Waals surface area contributed by atoms with Gasteiger partial charge >= 0.3 is 6.18 Å². The van der Waals surface area contributed by atoms with Crippen LogP contribution in [0.4, 0.5) is 19.0 Å². The Morgan fingerprint density at radius 1 is 1.38 bits per heavy atom. The summed E-state index contributed by atoms with van der Waals surface area (Å²) in [4.78, 5) is 10.8. The van der Waals surface area contributed by atoms with Gasteiger partial charge in [-0.1, -0.05) is 6.42 Å². The number of morpholine rings is 1. The highest BCUT2D eigenvalue weighted by Gasteiger charge is 2.42. The second-order valence-corrected chi connectivity index (χ2v) is 7.82. The number of anilines is 1. The Morgan fingerprint density at radius 3 is 2.93 bits per heavy atom. The highest BCUT2D eigenvalue weighted by Crippen LogP contribution is 2.37. The molecular weight excluding hydrogens is 383 g/mol. The van der Waals surface area contributed by atoms with Gasteiger partial charge in [0.1, 0.15) is 5.82 Å². The summed E-state index contributed by atoms with van der Waals surface area (Å²) in [6.45, 7) is 4.85. The number of hydrogen-bond acceptors (Lipinski definition) is 4. The van der Waals surface area contributed by atoms with Crippen LogP contribution in [0.1, 0.15) is 38.2 Å². The molecular formula is C20H30F3N5O. The largest absolute Gasteiger partial charge is 0.391 e. The number of alkyl halides is 3. The third-order valence-corrected chi connectivity index (χ3v) is 5.54. The number of halogens is 3. The van der Waals surface area contributed by atoms with E-state index in [2.05, 4.69) is 25.5 Å². The molecule has 9 heteroatoms. The van der Waals surface area contributed by atoms with Crippen molar-refractivity contribution in [3.63, 3.8) is 0 Å². The van der Waals surface area contributed by atoms with Crippen molar-refractivity contribution in [2.75, 3.05) is 31.6 Å². The lowest BCUT2D eigenvalue weighted by Crippen LogP contribution is -2.46. The second-order valence-electron chi connectivity index (χ2n) is 7.82. The lowest BCUT2D eigenvalue weighted by Gasteiger charge is -2.32. The number of ether oxygens (including phenoxy) is 1. The Labute approximate surface area is 169 Å². The van der Waals surface area contributed by atoms with E-state index >= 15 is 0 Å². The summed E-state index contributed by atoms with van der Waals surface area (Å²) < 4.78 is 44.7. The number of aliphatic imine (C=N–C) groups is 1. The normalized spacial score (nSPS) is 26.3. The Morgan fingerprint density at radius 2 is 2.21 bits per heavy atom. The zero-order chi connectivity index (χ0) is 20.9. The van der Waals surface area contributed by atoms with Gasteiger partial charge in [-0.3, -0.25) is 4.99 Å². The van der Waals surface area contributed by atoms with E-state index in [1.807, 2.05) is 19.1 Å². The van der Waals surface area contributed by atoms with Crippen LogP contribution in [-0.2, 0) is 11.3 Å². The first-order chi connectivity index (χ1) is 13.8. The summed E-state index contributed by atoms with van der Waals surface area (Å²) in [5.74, 6) is 0.199. The van der Waals surface area contributed by atoms with Crippen LogP contribution in [0.2, 0.25) is 0 Å². The molecule has 0 spiro atoms. The topological polar surface area (TPSA) is 61.8 Å². The summed E-state index contributed by atoms with van der Waals surface area (Å²) >= 11 is 0. The minimum atomic E-state index is -4.12. The van der Waals surface area contributed by atoms with E-state index in [1.54, 1.807) is 13.2 Å². The van der Waals surface area contributed by atoms with Gasteiger partial charge in [-0.25, -0.2) is 4.98 Å². The predicted octanol–water partition coefficient (Wildman–Crippen LogP) is 3.09. The summed E-state index contributed by atoms with van der Waals surface area (Å²) in [7, 11) is 1.63. The SMILES string of the molecule is CN=C(NCc1ccnc(N2CCOC(C)C2)c1)NC1CCCC(C(F)(F)F)C1. The number of aromatic nitrogens is 1. The first-order valence-corrected chi connectivity index (χ1v) is 10.2. The maximum atomic E-state index is 13.0. The zero-order valence-electron chi connectivity index (χ0n) is 17.0. The molecule has 1 aliphatic heterocycles. The molecule has 1 aromatic heterocycles. The molecule has 2 N–H and O–H groups in total. The van der Waals surface area contributed by atoms with Crippen molar-refractivity contribution < 1.29 is 17.9 Å². The Balaban J connectivity index is 1.54. The summed E-state index contributed by atoms with van der Waals surface area (Å²) in [6, 6.07) is 3.73. The van der Waals surface area contributed by atoms with E-state index in [0.29, 0.717) is 25.5 Å². The summed E-state index contributed by atoms with van der Waals surface area (Å²) in [5, 5.41) is 6.37. The lowest BCUT2D eigenvalue weighted by molar-refractivity contribution is -0.183. The molecule has 0 bridgehead atoms. The van der Waals surface area contributed by atoms with Crippen molar-refractivity contribution in [2.24, 2.45) is 10.9 Å². The molecule has 29 heavy (non-hydrogen) atoms. The third kappa shape index (κ3) is 6.22. The molecule has 0 amide bonds. The monoisotopic (exact) mass is 413 g/mol. The summed E-state index contributed by atoms with van der Waals surface area (Å²) in [6.07, 6.45) is -0.565. The molecule has 1 saturated heterocycles. The van der Waals surface area contributed by atoms with Crippen molar-refractivity contribution in [3.8, 4) is 0 Å². The van der Waals surface area contributed by atoms with Gasteiger partial charge in [-0.2, -0.15) is 13.2 Å². The van der Waals surface area contributed by atoms with E-state index in [-0.39, 0.29) is 25.0 Å². The Hall–Kier alpha value is -2.03. The fourth-order valence-corrected chi connectivity index (χ4v) is 3.96. The van der Waals surface area contributed by atoms with Gasteiger partial charge in [0.2, 0.25) is 0 Å². The third-order valence-electron chi connectivity index (χ3n) is 5.54. The van der Waals surface area contributed by atoms with Crippen molar-refractivity contribution in [1.29, 1.82) is 0 Å². The van der Waals surface area contributed by atoms with E-state index in [1.165, 1.54) is 0 Å². The van der Waals surface area contributed by atoms with Gasteiger partial charge in [0.05, 0.1) is 18.6 Å². The van der Waals surface area contributed by atoms with E-state index in [0.717, 1.165) is 30.9 Å². The van der Waals surface area contributed by atoms with Crippen LogP contribution in [-0.4, -0.2) is 56.0 Å². The van der Waals surface area contributed by atoms with Gasteiger partial charge < -0.3 is 20.3 Å². The number of nitrogens with zero attached hydrogens (tertiary/aromatic N) is 3. The van der Waals surface area contributed by atoms with Gasteiger partial charge in [0.25, 0.3) is 0 Å². The molecule has 2 aliphatic rings. The van der Waals surface area contributed by atoms with Crippen LogP contribution < -0.4 is 15.5 Å². The van der Waals surface area contributed by atoms with Crippen LogP contribution in [0.15, 0.2) is 23.3 Å². The highest BCUT2D eigenvalue weighted by atomic mass is 19.4. The number of guanidine groups is 1. The van der Waals surface area contributed by atoms with E-state index in [4.69, 9.17) is 4.74 Å². The first kappa shape index (κ1) is 21.7. The molecule has 1 aliphatic carbocycles. The molecule has 6 nitrogen and oxygen atoms in total. The average molecular weight is 413 g/mol. The number of pyridine rings is 1. The molecule has 3 unspecified atom stereocenters. The Bertz CT molecular complexity index is 697. The molecule has 2 fully saturated rings. The molecule has 3 rings (SSSR count). The first-order valence-electron chi connectivity index (χ1n) is 10.2. The van der Waals surface area contributed by atoms with Crippen molar-refractivity contribution in [2.45, 2.75) is 57.5 Å². The molecule has 0 aromatic carbocycles. The highest BCUT2D eigenvalue weighted by molar-refractivity contribution is 5.80. The maximum absolute atomic E-state index is 13.0. The van der Waals surface area contributed by atoms with Crippen LogP contribution in [0, 0.1) is 5.92 Å². The van der Waals surface area contributed by atoms with Crippen molar-refractivity contribution >= 4 is 11.8 Å². The number of hydrogen-bond donors (Lipinski definition) is 2. The maximum Gasteiger partial charge on any atom is 0.391 e. The van der Waals surface area contributed by atoms with Crippen molar-refractivity contribution in [3.05, 3.63) is 23.9 Å². The molecule has 3 atom stereocenters. The van der Waals surface area contributed by atoms with Gasteiger partial charge in [-0.05, 0) is 43.9 Å². The van der Waals surface area contributed by atoms with Gasteiger partial charge in [0.15, 0.2) is 5.96 Å². The molecule has 2 heterocycles.